The third kappa shape index (κ3) is 1.67. The van der Waals surface area contributed by atoms with Gasteiger partial charge in [0.2, 0.25) is 0 Å². The van der Waals surface area contributed by atoms with Crippen molar-refractivity contribution in [3.8, 4) is 5.75 Å². The van der Waals surface area contributed by atoms with Gasteiger partial charge in [-0.3, -0.25) is 4.79 Å². The molecule has 5 heteroatoms. The van der Waals surface area contributed by atoms with Crippen LogP contribution in [-0.4, -0.2) is 36.8 Å². The average molecular weight is 234 g/mol. The molecule has 0 bridgehead atoms. The molecule has 17 heavy (non-hydrogen) atoms. The predicted molar refractivity (Wildman–Crippen MR) is 63.8 cm³/mol. The number of hydrogen-bond acceptors (Lipinski definition) is 4. The second-order valence-electron chi connectivity index (χ2n) is 4.34. The highest BCUT2D eigenvalue weighted by Crippen LogP contribution is 2.42. The molecule has 2 N–H and O–H groups in total. The summed E-state index contributed by atoms with van der Waals surface area (Å²) in [5.41, 5.74) is 2.04. The zero-order chi connectivity index (χ0) is 11.8. The van der Waals surface area contributed by atoms with Crippen LogP contribution < -0.4 is 15.0 Å². The summed E-state index contributed by atoms with van der Waals surface area (Å²) in [5, 5.41) is 12.2. The number of carboxylic acids is 1. The molecule has 1 atom stereocenters. The minimum Gasteiger partial charge on any atom is -0.489 e. The summed E-state index contributed by atoms with van der Waals surface area (Å²) < 4.78 is 5.64. The number of hydrogen-bond donors (Lipinski definition) is 2. The van der Waals surface area contributed by atoms with E-state index >= 15 is 0 Å². The van der Waals surface area contributed by atoms with E-state index < -0.39 is 5.97 Å². The van der Waals surface area contributed by atoms with E-state index in [1.54, 1.807) is 0 Å². The molecular weight excluding hydrogens is 220 g/mol. The van der Waals surface area contributed by atoms with Gasteiger partial charge in [-0.15, -0.1) is 0 Å². The molecule has 0 spiro atoms. The standard InChI is InChI=1S/C12H14N2O3/c15-11(16)6-8-7-17-10-3-1-2-9-12(10)14(8)5-4-13-9/h1-3,8,13H,4-7H2,(H,15,16). The molecule has 1 unspecified atom stereocenters. The zero-order valence-electron chi connectivity index (χ0n) is 9.35. The molecule has 0 saturated carbocycles. The van der Waals surface area contributed by atoms with Crippen molar-refractivity contribution in [2.75, 3.05) is 29.9 Å². The molecular formula is C12H14N2O3. The van der Waals surface area contributed by atoms with Crippen molar-refractivity contribution in [3.05, 3.63) is 18.2 Å². The third-order valence-corrected chi connectivity index (χ3v) is 3.24. The second-order valence-corrected chi connectivity index (χ2v) is 4.34. The Bertz CT molecular complexity index is 447. The smallest absolute Gasteiger partial charge is 0.305 e. The SMILES string of the molecule is O=C(O)CC1COc2cccc3c2N1CCN3. The second kappa shape index (κ2) is 3.84. The minimum atomic E-state index is -0.780. The van der Waals surface area contributed by atoms with Gasteiger partial charge in [0.25, 0.3) is 0 Å². The first-order chi connectivity index (χ1) is 8.25. The molecule has 90 valence electrons. The Hall–Kier alpha value is -1.91. The molecule has 2 heterocycles. The van der Waals surface area contributed by atoms with Crippen LogP contribution in [0.4, 0.5) is 11.4 Å². The number of carbonyl (C=O) groups is 1. The van der Waals surface area contributed by atoms with Gasteiger partial charge in [0, 0.05) is 13.1 Å². The summed E-state index contributed by atoms with van der Waals surface area (Å²) in [6.45, 7) is 2.11. The van der Waals surface area contributed by atoms with Crippen molar-refractivity contribution in [1.29, 1.82) is 0 Å². The lowest BCUT2D eigenvalue weighted by atomic mass is 10.1. The number of nitrogens with zero attached hydrogens (tertiary/aromatic N) is 1. The number of rotatable bonds is 2. The first-order valence-electron chi connectivity index (χ1n) is 5.74. The van der Waals surface area contributed by atoms with E-state index in [4.69, 9.17) is 9.84 Å². The molecule has 0 fully saturated rings. The van der Waals surface area contributed by atoms with Gasteiger partial charge < -0.3 is 20.1 Å². The van der Waals surface area contributed by atoms with Gasteiger partial charge in [-0.2, -0.15) is 0 Å². The molecule has 0 aliphatic carbocycles. The Labute approximate surface area is 99.0 Å². The summed E-state index contributed by atoms with van der Waals surface area (Å²) in [6, 6.07) is 5.80. The van der Waals surface area contributed by atoms with E-state index in [1.807, 2.05) is 18.2 Å². The number of carboxylic acid groups (broad SMARTS) is 1. The van der Waals surface area contributed by atoms with Crippen molar-refractivity contribution in [2.24, 2.45) is 0 Å². The monoisotopic (exact) mass is 234 g/mol. The van der Waals surface area contributed by atoms with E-state index in [2.05, 4.69) is 10.2 Å². The fourth-order valence-corrected chi connectivity index (χ4v) is 2.51. The fraction of sp³-hybridized carbons (Fsp3) is 0.417. The highest BCUT2D eigenvalue weighted by Gasteiger charge is 2.32. The number of ether oxygens (including phenoxy) is 1. The van der Waals surface area contributed by atoms with Crippen molar-refractivity contribution in [3.63, 3.8) is 0 Å². The summed E-state index contributed by atoms with van der Waals surface area (Å²) in [7, 11) is 0. The number of benzene rings is 1. The topological polar surface area (TPSA) is 61.8 Å². The van der Waals surface area contributed by atoms with E-state index in [1.165, 1.54) is 0 Å². The van der Waals surface area contributed by atoms with Gasteiger partial charge in [-0.1, -0.05) is 6.07 Å². The predicted octanol–water partition coefficient (Wildman–Crippen LogP) is 1.15. The van der Waals surface area contributed by atoms with Crippen LogP contribution in [0.3, 0.4) is 0 Å². The number of para-hydroxylation sites is 1. The van der Waals surface area contributed by atoms with Gasteiger partial charge in [0.15, 0.2) is 0 Å². The fourth-order valence-electron chi connectivity index (χ4n) is 2.51. The lowest BCUT2D eigenvalue weighted by Gasteiger charge is -2.42. The highest BCUT2D eigenvalue weighted by atomic mass is 16.5. The van der Waals surface area contributed by atoms with Crippen molar-refractivity contribution >= 4 is 17.3 Å². The maximum Gasteiger partial charge on any atom is 0.305 e. The Morgan fingerprint density at radius 2 is 2.47 bits per heavy atom. The van der Waals surface area contributed by atoms with E-state index in [0.29, 0.717) is 6.61 Å². The zero-order valence-corrected chi connectivity index (χ0v) is 9.35. The largest absolute Gasteiger partial charge is 0.489 e. The first kappa shape index (κ1) is 10.3. The molecule has 1 aromatic carbocycles. The molecule has 0 amide bonds. The number of nitrogens with one attached hydrogen (secondary N) is 1. The Kier molecular flexibility index (Phi) is 2.31. The van der Waals surface area contributed by atoms with Crippen LogP contribution in [0.25, 0.3) is 0 Å². The molecule has 0 saturated heterocycles. The normalized spacial score (nSPS) is 21.2. The van der Waals surface area contributed by atoms with Crippen LogP contribution in [-0.2, 0) is 4.79 Å². The van der Waals surface area contributed by atoms with Crippen LogP contribution >= 0.6 is 0 Å². The van der Waals surface area contributed by atoms with Gasteiger partial charge in [-0.05, 0) is 12.1 Å². The summed E-state index contributed by atoms with van der Waals surface area (Å²) in [5.74, 6) is 0.0643. The summed E-state index contributed by atoms with van der Waals surface area (Å²) >= 11 is 0. The van der Waals surface area contributed by atoms with Gasteiger partial charge >= 0.3 is 5.97 Å². The van der Waals surface area contributed by atoms with Gasteiger partial charge in [0.05, 0.1) is 18.2 Å². The van der Waals surface area contributed by atoms with Crippen LogP contribution in [0.5, 0.6) is 5.75 Å². The molecule has 5 nitrogen and oxygen atoms in total. The highest BCUT2D eigenvalue weighted by molar-refractivity contribution is 5.80. The maximum absolute atomic E-state index is 10.8. The number of anilines is 2. The van der Waals surface area contributed by atoms with Crippen molar-refractivity contribution in [2.45, 2.75) is 12.5 Å². The van der Waals surface area contributed by atoms with E-state index in [9.17, 15) is 4.79 Å². The van der Waals surface area contributed by atoms with Crippen LogP contribution in [0, 0.1) is 0 Å². The maximum atomic E-state index is 10.8. The summed E-state index contributed by atoms with van der Waals surface area (Å²) in [6.07, 6.45) is 0.119. The summed E-state index contributed by atoms with van der Waals surface area (Å²) in [4.78, 5) is 13.0. The Balaban J connectivity index is 1.98. The third-order valence-electron chi connectivity index (χ3n) is 3.24. The molecule has 3 rings (SSSR count). The van der Waals surface area contributed by atoms with Crippen LogP contribution in [0.2, 0.25) is 0 Å². The van der Waals surface area contributed by atoms with Gasteiger partial charge in [0.1, 0.15) is 18.0 Å². The number of aliphatic carboxylic acids is 1. The lowest BCUT2D eigenvalue weighted by Crippen LogP contribution is -2.48. The molecule has 0 aromatic heterocycles. The lowest BCUT2D eigenvalue weighted by molar-refractivity contribution is -0.137. The van der Waals surface area contributed by atoms with E-state index in [-0.39, 0.29) is 12.5 Å². The van der Waals surface area contributed by atoms with Gasteiger partial charge in [-0.25, -0.2) is 0 Å². The molecule has 1 aromatic rings. The quantitative estimate of drug-likeness (QED) is 0.804. The van der Waals surface area contributed by atoms with Crippen LogP contribution in [0.15, 0.2) is 18.2 Å². The molecule has 2 aliphatic rings. The average Bonchev–Trinajstić information content (AvgIpc) is 2.33. The minimum absolute atomic E-state index is 0.0664. The van der Waals surface area contributed by atoms with Crippen LogP contribution in [0.1, 0.15) is 6.42 Å². The van der Waals surface area contributed by atoms with E-state index in [0.717, 1.165) is 30.2 Å². The Morgan fingerprint density at radius 1 is 1.59 bits per heavy atom. The van der Waals surface area contributed by atoms with Crippen molar-refractivity contribution in [1.82, 2.24) is 0 Å². The molecule has 2 aliphatic heterocycles. The van der Waals surface area contributed by atoms with Crippen molar-refractivity contribution < 1.29 is 14.6 Å². The Morgan fingerprint density at radius 3 is 3.29 bits per heavy atom. The molecule has 0 radical (unpaired) electrons. The first-order valence-corrected chi connectivity index (χ1v) is 5.74.